The number of ether oxygens (including phenoxy) is 2. The van der Waals surface area contributed by atoms with E-state index >= 15 is 0 Å². The van der Waals surface area contributed by atoms with E-state index < -0.39 is 12.1 Å². The molecule has 0 heterocycles. The summed E-state index contributed by atoms with van der Waals surface area (Å²) in [5, 5.41) is 0. The molecule has 3 nitrogen and oxygen atoms in total. The Morgan fingerprint density at radius 1 is 1.39 bits per heavy atom. The van der Waals surface area contributed by atoms with Gasteiger partial charge in [-0.2, -0.15) is 0 Å². The standard InChI is InChI=1S/C20H20O3/c1-3-20(21)23-16(2)12-13-17-10-7-11-19(14-17)22-15-18-8-5-4-6-9-18/h1,4-6,8-9,14,16,19H,7,10-11,15H2,2H3. The number of benzene rings is 1. The van der Waals surface area contributed by atoms with E-state index in [0.29, 0.717) is 6.61 Å². The van der Waals surface area contributed by atoms with Gasteiger partial charge >= 0.3 is 5.97 Å². The molecule has 0 saturated carbocycles. The van der Waals surface area contributed by atoms with Crippen LogP contribution in [0.2, 0.25) is 0 Å². The molecule has 3 heteroatoms. The van der Waals surface area contributed by atoms with E-state index in [4.69, 9.17) is 15.9 Å². The van der Waals surface area contributed by atoms with Crippen molar-refractivity contribution in [3.8, 4) is 24.2 Å². The van der Waals surface area contributed by atoms with E-state index in [1.54, 1.807) is 6.92 Å². The maximum atomic E-state index is 11.0. The lowest BCUT2D eigenvalue weighted by atomic mass is 9.97. The summed E-state index contributed by atoms with van der Waals surface area (Å²) in [6.45, 7) is 2.30. The molecule has 23 heavy (non-hydrogen) atoms. The van der Waals surface area contributed by atoms with Gasteiger partial charge < -0.3 is 9.47 Å². The Morgan fingerprint density at radius 2 is 2.17 bits per heavy atom. The molecule has 1 aliphatic carbocycles. The molecule has 2 atom stereocenters. The van der Waals surface area contributed by atoms with E-state index in [-0.39, 0.29) is 6.10 Å². The van der Waals surface area contributed by atoms with Gasteiger partial charge in [-0.3, -0.25) is 0 Å². The molecular weight excluding hydrogens is 288 g/mol. The Hall–Kier alpha value is -2.49. The molecule has 0 bridgehead atoms. The topological polar surface area (TPSA) is 35.5 Å². The van der Waals surface area contributed by atoms with Gasteiger partial charge in [-0.25, -0.2) is 4.79 Å². The summed E-state index contributed by atoms with van der Waals surface area (Å²) >= 11 is 0. The Bertz CT molecular complexity index is 656. The van der Waals surface area contributed by atoms with Crippen molar-refractivity contribution in [3.63, 3.8) is 0 Å². The molecule has 0 spiro atoms. The second kappa shape index (κ2) is 8.83. The number of terminal acetylenes is 1. The molecule has 0 amide bonds. The monoisotopic (exact) mass is 308 g/mol. The van der Waals surface area contributed by atoms with Gasteiger partial charge in [-0.15, -0.1) is 6.42 Å². The minimum Gasteiger partial charge on any atom is -0.440 e. The summed E-state index contributed by atoms with van der Waals surface area (Å²) < 4.78 is 10.8. The van der Waals surface area contributed by atoms with Crippen LogP contribution in [0.15, 0.2) is 42.0 Å². The van der Waals surface area contributed by atoms with Crippen molar-refractivity contribution in [2.75, 3.05) is 0 Å². The smallest absolute Gasteiger partial charge is 0.385 e. The van der Waals surface area contributed by atoms with Crippen molar-refractivity contribution in [1.82, 2.24) is 0 Å². The maximum Gasteiger partial charge on any atom is 0.385 e. The minimum absolute atomic E-state index is 0.0804. The van der Waals surface area contributed by atoms with E-state index in [1.165, 1.54) is 0 Å². The summed E-state index contributed by atoms with van der Waals surface area (Å²) in [5.74, 6) is 7.19. The molecule has 0 N–H and O–H groups in total. The first-order valence-electron chi connectivity index (χ1n) is 7.72. The van der Waals surface area contributed by atoms with Crippen molar-refractivity contribution in [2.45, 2.75) is 45.0 Å². The fourth-order valence-electron chi connectivity index (χ4n) is 2.32. The quantitative estimate of drug-likeness (QED) is 0.486. The van der Waals surface area contributed by atoms with Crippen LogP contribution in [0.3, 0.4) is 0 Å². The largest absolute Gasteiger partial charge is 0.440 e. The highest BCUT2D eigenvalue weighted by molar-refractivity contribution is 5.87. The van der Waals surface area contributed by atoms with Gasteiger partial charge in [0.05, 0.1) is 12.7 Å². The van der Waals surface area contributed by atoms with Crippen LogP contribution < -0.4 is 0 Å². The molecule has 0 saturated heterocycles. The molecule has 1 aromatic carbocycles. The first kappa shape index (κ1) is 16.9. The Labute approximate surface area is 137 Å². The third kappa shape index (κ3) is 6.02. The number of rotatable bonds is 4. The van der Waals surface area contributed by atoms with E-state index in [9.17, 15) is 4.79 Å². The highest BCUT2D eigenvalue weighted by Crippen LogP contribution is 2.20. The van der Waals surface area contributed by atoms with Crippen LogP contribution in [0.25, 0.3) is 0 Å². The Kier molecular flexibility index (Phi) is 6.48. The molecule has 0 aromatic heterocycles. The number of allylic oxidation sites excluding steroid dienone is 1. The molecule has 1 aromatic rings. The van der Waals surface area contributed by atoms with Crippen LogP contribution in [0.5, 0.6) is 0 Å². The fourth-order valence-corrected chi connectivity index (χ4v) is 2.32. The predicted molar refractivity (Wildman–Crippen MR) is 89.1 cm³/mol. The molecule has 2 rings (SSSR count). The van der Waals surface area contributed by atoms with Gasteiger partial charge in [-0.1, -0.05) is 42.2 Å². The van der Waals surface area contributed by atoms with Crippen LogP contribution in [0.1, 0.15) is 31.7 Å². The first-order chi connectivity index (χ1) is 11.2. The van der Waals surface area contributed by atoms with Crippen LogP contribution in [0, 0.1) is 24.2 Å². The molecule has 0 fully saturated rings. The second-order valence-electron chi connectivity index (χ2n) is 5.38. The maximum absolute atomic E-state index is 11.0. The lowest BCUT2D eigenvalue weighted by Crippen LogP contribution is -2.14. The molecule has 1 aliphatic rings. The van der Waals surface area contributed by atoms with Crippen LogP contribution in [0.4, 0.5) is 0 Å². The molecular formula is C20H20O3. The summed E-state index contributed by atoms with van der Waals surface area (Å²) in [5.41, 5.74) is 2.19. The first-order valence-corrected chi connectivity index (χ1v) is 7.72. The fraction of sp³-hybridized carbons (Fsp3) is 0.350. The highest BCUT2D eigenvalue weighted by Gasteiger charge is 2.13. The molecule has 0 aliphatic heterocycles. The average Bonchev–Trinajstić information content (AvgIpc) is 2.59. The van der Waals surface area contributed by atoms with Gasteiger partial charge in [0.1, 0.15) is 0 Å². The molecule has 118 valence electrons. The van der Waals surface area contributed by atoms with Crippen LogP contribution in [-0.2, 0) is 20.9 Å². The molecule has 2 unspecified atom stereocenters. The predicted octanol–water partition coefficient (Wildman–Crippen LogP) is 3.25. The van der Waals surface area contributed by atoms with E-state index in [2.05, 4.69) is 30.0 Å². The van der Waals surface area contributed by atoms with Crippen molar-refractivity contribution in [3.05, 3.63) is 47.5 Å². The number of carbonyl (C=O) groups excluding carboxylic acids is 1. The number of hydrogen-bond donors (Lipinski definition) is 0. The van der Waals surface area contributed by atoms with Crippen LogP contribution >= 0.6 is 0 Å². The molecule has 0 radical (unpaired) electrons. The third-order valence-electron chi connectivity index (χ3n) is 3.47. The summed E-state index contributed by atoms with van der Waals surface area (Å²) in [4.78, 5) is 11.0. The van der Waals surface area contributed by atoms with Crippen LogP contribution in [-0.4, -0.2) is 18.2 Å². The number of esters is 1. The lowest BCUT2D eigenvalue weighted by molar-refractivity contribution is -0.138. The van der Waals surface area contributed by atoms with Gasteiger partial charge in [0, 0.05) is 11.5 Å². The normalized spacial score (nSPS) is 17.9. The zero-order chi connectivity index (χ0) is 16.5. The third-order valence-corrected chi connectivity index (χ3v) is 3.47. The zero-order valence-corrected chi connectivity index (χ0v) is 13.2. The summed E-state index contributed by atoms with van der Waals surface area (Å²) in [6.07, 6.45) is 9.56. The SMILES string of the molecule is C#CC(=O)OC(C)C#CC1=CC(OCc2ccccc2)CCC1. The van der Waals surface area contributed by atoms with Gasteiger partial charge in [-0.05, 0) is 37.8 Å². The summed E-state index contributed by atoms with van der Waals surface area (Å²) in [6, 6.07) is 10.1. The average molecular weight is 308 g/mol. The minimum atomic E-state index is -0.687. The van der Waals surface area contributed by atoms with E-state index in [1.807, 2.05) is 24.1 Å². The Morgan fingerprint density at radius 3 is 2.91 bits per heavy atom. The number of carbonyl (C=O) groups is 1. The van der Waals surface area contributed by atoms with Crippen molar-refractivity contribution in [2.24, 2.45) is 0 Å². The Balaban J connectivity index is 1.89. The second-order valence-corrected chi connectivity index (χ2v) is 5.38. The van der Waals surface area contributed by atoms with Gasteiger partial charge in [0.25, 0.3) is 0 Å². The zero-order valence-electron chi connectivity index (χ0n) is 13.2. The van der Waals surface area contributed by atoms with Crippen molar-refractivity contribution in [1.29, 1.82) is 0 Å². The highest BCUT2D eigenvalue weighted by atomic mass is 16.5. The van der Waals surface area contributed by atoms with E-state index in [0.717, 1.165) is 30.4 Å². The van der Waals surface area contributed by atoms with Gasteiger partial charge in [0.2, 0.25) is 0 Å². The summed E-state index contributed by atoms with van der Waals surface area (Å²) in [7, 11) is 0. The van der Waals surface area contributed by atoms with Crippen molar-refractivity contribution < 1.29 is 14.3 Å². The lowest BCUT2D eigenvalue weighted by Gasteiger charge is -2.19. The number of hydrogen-bond acceptors (Lipinski definition) is 3. The van der Waals surface area contributed by atoms with Crippen molar-refractivity contribution >= 4 is 5.97 Å². The van der Waals surface area contributed by atoms with Gasteiger partial charge in [0.15, 0.2) is 6.10 Å².